The van der Waals surface area contributed by atoms with Crippen LogP contribution in [0.5, 0.6) is 0 Å². The molecule has 4 aliphatic rings. The number of aromatic nitrogens is 2. The molecule has 2 saturated carbocycles. The van der Waals surface area contributed by atoms with Gasteiger partial charge in [0.2, 0.25) is 11.8 Å². The fourth-order valence-electron chi connectivity index (χ4n) is 7.04. The minimum Gasteiger partial charge on any atom is -0.480 e. The van der Waals surface area contributed by atoms with Gasteiger partial charge in [0.25, 0.3) is 0 Å². The molecule has 2 aromatic rings. The molecule has 2 bridgehead atoms. The Hall–Kier alpha value is -2.46. The van der Waals surface area contributed by atoms with Crippen molar-refractivity contribution in [2.45, 2.75) is 48.9 Å². The Labute approximate surface area is 204 Å². The van der Waals surface area contributed by atoms with Gasteiger partial charge in [0, 0.05) is 28.4 Å². The number of fused-ring (bicyclic) bond motifs is 9. The van der Waals surface area contributed by atoms with Gasteiger partial charge < -0.3 is 10.1 Å². The maximum absolute atomic E-state index is 13.7. The molecule has 34 heavy (non-hydrogen) atoms. The lowest BCUT2D eigenvalue weighted by atomic mass is 9.68. The number of amides is 2. The van der Waals surface area contributed by atoms with Crippen LogP contribution in [0.25, 0.3) is 0 Å². The Morgan fingerprint density at radius 3 is 2.62 bits per heavy atom. The highest BCUT2D eigenvalue weighted by atomic mass is 32.2. The number of imide groups is 1. The Kier molecular flexibility index (Phi) is 5.04. The summed E-state index contributed by atoms with van der Waals surface area (Å²) in [6, 6.07) is 2.78. The first-order valence-electron chi connectivity index (χ1n) is 11.7. The van der Waals surface area contributed by atoms with Crippen LogP contribution in [0.1, 0.15) is 43.0 Å². The third kappa shape index (κ3) is 3.00. The Morgan fingerprint density at radius 1 is 1.24 bits per heavy atom. The van der Waals surface area contributed by atoms with E-state index in [0.29, 0.717) is 0 Å². The number of carboxylic acid groups (broad SMARTS) is 1. The molecule has 2 aromatic heterocycles. The monoisotopic (exact) mass is 499 g/mol. The largest absolute Gasteiger partial charge is 0.480 e. The van der Waals surface area contributed by atoms with E-state index in [2.05, 4.69) is 9.97 Å². The van der Waals surface area contributed by atoms with Crippen LogP contribution in [0.3, 0.4) is 0 Å². The van der Waals surface area contributed by atoms with E-state index in [4.69, 9.17) is 0 Å². The number of nitrogens with zero attached hydrogens (tertiary/aromatic N) is 2. The molecule has 10 heteroatoms. The maximum atomic E-state index is 13.7. The van der Waals surface area contributed by atoms with Crippen molar-refractivity contribution in [3.05, 3.63) is 44.6 Å². The van der Waals surface area contributed by atoms with Gasteiger partial charge in [0.15, 0.2) is 0 Å². The summed E-state index contributed by atoms with van der Waals surface area (Å²) in [5.41, 5.74) is 1.01. The van der Waals surface area contributed by atoms with Crippen LogP contribution >= 0.6 is 23.1 Å². The molecule has 3 fully saturated rings. The van der Waals surface area contributed by atoms with Crippen LogP contribution in [-0.4, -0.2) is 49.0 Å². The van der Waals surface area contributed by atoms with Crippen LogP contribution in [0.15, 0.2) is 34.3 Å². The number of nitrogens with one attached hydrogen (secondary N) is 1. The molecule has 4 heterocycles. The number of pyridine rings is 1. The van der Waals surface area contributed by atoms with Gasteiger partial charge in [-0.15, -0.1) is 11.8 Å². The first kappa shape index (κ1) is 22.0. The van der Waals surface area contributed by atoms with Crippen LogP contribution < -0.4 is 4.87 Å². The van der Waals surface area contributed by atoms with Gasteiger partial charge in [0.1, 0.15) is 6.04 Å². The molecule has 178 valence electrons. The molecule has 8 nitrogen and oxygen atoms in total. The average molecular weight is 500 g/mol. The summed E-state index contributed by atoms with van der Waals surface area (Å²) in [5.74, 6) is -2.71. The fraction of sp³-hybridized carbons (Fsp3) is 0.542. The van der Waals surface area contributed by atoms with E-state index in [1.54, 1.807) is 18.0 Å². The second-order valence-electron chi connectivity index (χ2n) is 10.3. The first-order chi connectivity index (χ1) is 16.3. The van der Waals surface area contributed by atoms with E-state index in [-0.39, 0.29) is 57.9 Å². The minimum absolute atomic E-state index is 0.0179. The van der Waals surface area contributed by atoms with Crippen molar-refractivity contribution in [2.75, 3.05) is 0 Å². The molecule has 0 unspecified atom stereocenters. The summed E-state index contributed by atoms with van der Waals surface area (Å²) in [5, 5.41) is 10.8. The molecule has 0 aromatic carbocycles. The van der Waals surface area contributed by atoms with Gasteiger partial charge in [-0.3, -0.25) is 24.3 Å². The van der Waals surface area contributed by atoms with Crippen LogP contribution in [0, 0.1) is 35.5 Å². The number of carbonyl (C=O) groups is 3. The molecule has 0 radical (unpaired) electrons. The van der Waals surface area contributed by atoms with E-state index < -0.39 is 23.8 Å². The summed E-state index contributed by atoms with van der Waals surface area (Å²) < 4.78 is 0. The fourth-order valence-corrected chi connectivity index (χ4v) is 9.93. The lowest BCUT2D eigenvalue weighted by Crippen LogP contribution is -2.47. The van der Waals surface area contributed by atoms with Crippen molar-refractivity contribution in [3.8, 4) is 0 Å². The zero-order chi connectivity index (χ0) is 23.9. The summed E-state index contributed by atoms with van der Waals surface area (Å²) in [4.78, 5) is 60.8. The number of thioether (sulfide) groups is 1. The minimum atomic E-state index is -1.12. The van der Waals surface area contributed by atoms with Gasteiger partial charge in [-0.05, 0) is 48.1 Å². The molecule has 2 aliphatic carbocycles. The number of hydrogen-bond donors (Lipinski definition) is 2. The van der Waals surface area contributed by atoms with Gasteiger partial charge in [0.05, 0.1) is 16.9 Å². The first-order valence-corrected chi connectivity index (χ1v) is 13.4. The Balaban J connectivity index is 1.42. The third-order valence-corrected chi connectivity index (χ3v) is 10.7. The number of aromatic amines is 1. The number of carbonyl (C=O) groups excluding carboxylic acids is 2. The topological polar surface area (TPSA) is 120 Å². The van der Waals surface area contributed by atoms with Gasteiger partial charge >= 0.3 is 10.8 Å². The lowest BCUT2D eigenvalue weighted by molar-refractivity contribution is -0.156. The van der Waals surface area contributed by atoms with Crippen molar-refractivity contribution < 1.29 is 19.5 Å². The lowest BCUT2D eigenvalue weighted by Gasteiger charge is -2.42. The molecule has 6 rings (SSSR count). The van der Waals surface area contributed by atoms with Crippen molar-refractivity contribution in [1.82, 2.24) is 14.9 Å². The highest BCUT2D eigenvalue weighted by molar-refractivity contribution is 8.00. The SMILES string of the molecule is CC(C)C[C@H](C(=O)O)N1C(=O)[C@@H]2[C@@H]3C[C@@H]([C@@H]2C1=O)[C@H]1[C@@H](c2cccnc2)c2sc(=O)[nH]c2S[C@H]31. The van der Waals surface area contributed by atoms with Crippen molar-refractivity contribution in [1.29, 1.82) is 0 Å². The van der Waals surface area contributed by atoms with Gasteiger partial charge in [-0.2, -0.15) is 0 Å². The summed E-state index contributed by atoms with van der Waals surface area (Å²) >= 11 is 2.84. The molecular weight excluding hydrogens is 474 g/mol. The van der Waals surface area contributed by atoms with E-state index in [1.165, 1.54) is 11.3 Å². The summed E-state index contributed by atoms with van der Waals surface area (Å²) in [6.45, 7) is 3.79. The standard InChI is InChI=1S/C24H25N3O5S2/c1-9(2)6-13(23(30)31)27-21(28)16-11-7-12(17(16)22(27)29)18-15(11)14(10-4-3-5-25-8-10)19-20(33-18)26-24(32)34-19/h3-5,8-9,11-18H,6-7H2,1-2H3,(H,26,32)(H,30,31)/t11-,12+,13-,14-,15+,16+,17-,18-/m1/s1. The number of likely N-dealkylation sites (tertiary alicyclic amines) is 1. The van der Waals surface area contributed by atoms with E-state index >= 15 is 0 Å². The van der Waals surface area contributed by atoms with Crippen molar-refractivity contribution in [2.24, 2.45) is 35.5 Å². The molecule has 1 saturated heterocycles. The normalized spacial score (nSPS) is 34.3. The number of aliphatic carboxylic acids is 1. The Morgan fingerprint density at radius 2 is 1.97 bits per heavy atom. The van der Waals surface area contributed by atoms with E-state index in [9.17, 15) is 24.3 Å². The predicted molar refractivity (Wildman–Crippen MR) is 125 cm³/mol. The number of carboxylic acids is 1. The van der Waals surface area contributed by atoms with Gasteiger partial charge in [-0.25, -0.2) is 4.79 Å². The smallest absolute Gasteiger partial charge is 0.326 e. The second-order valence-corrected chi connectivity index (χ2v) is 12.5. The molecule has 2 N–H and O–H groups in total. The Bertz CT molecular complexity index is 1240. The average Bonchev–Trinajstić information content (AvgIpc) is 3.51. The quantitative estimate of drug-likeness (QED) is 0.607. The molecule has 2 aliphatic heterocycles. The van der Waals surface area contributed by atoms with Crippen LogP contribution in [-0.2, 0) is 14.4 Å². The van der Waals surface area contributed by atoms with Crippen LogP contribution in [0.4, 0.5) is 0 Å². The highest BCUT2D eigenvalue weighted by Crippen LogP contribution is 2.68. The predicted octanol–water partition coefficient (Wildman–Crippen LogP) is 2.80. The molecule has 0 spiro atoms. The number of H-pyrrole nitrogens is 1. The van der Waals surface area contributed by atoms with Crippen molar-refractivity contribution in [3.63, 3.8) is 0 Å². The van der Waals surface area contributed by atoms with Crippen molar-refractivity contribution >= 4 is 40.9 Å². The number of rotatable bonds is 5. The molecular formula is C24H25N3O5S2. The van der Waals surface area contributed by atoms with Crippen LogP contribution in [0.2, 0.25) is 0 Å². The highest BCUT2D eigenvalue weighted by Gasteiger charge is 2.70. The summed E-state index contributed by atoms with van der Waals surface area (Å²) in [6.07, 6.45) is 4.57. The number of thiazole rings is 1. The third-order valence-electron chi connectivity index (χ3n) is 8.09. The zero-order valence-corrected chi connectivity index (χ0v) is 20.3. The zero-order valence-electron chi connectivity index (χ0n) is 18.7. The van der Waals surface area contributed by atoms with Gasteiger partial charge in [-0.1, -0.05) is 31.3 Å². The van der Waals surface area contributed by atoms with E-state index in [1.807, 2.05) is 32.2 Å². The molecule has 2 amide bonds. The summed E-state index contributed by atoms with van der Waals surface area (Å²) in [7, 11) is 0. The number of hydrogen-bond acceptors (Lipinski definition) is 7. The molecule has 8 atom stereocenters. The maximum Gasteiger partial charge on any atom is 0.326 e. The van der Waals surface area contributed by atoms with E-state index in [0.717, 1.165) is 26.8 Å². The second kappa shape index (κ2) is 7.78.